The van der Waals surface area contributed by atoms with Crippen LogP contribution in [0.5, 0.6) is 0 Å². The van der Waals surface area contributed by atoms with Crippen LogP contribution in [0.3, 0.4) is 0 Å². The fourth-order valence-electron chi connectivity index (χ4n) is 1.76. The predicted octanol–water partition coefficient (Wildman–Crippen LogP) is 5.07. The maximum atomic E-state index is 12.6. The zero-order valence-electron chi connectivity index (χ0n) is 9.25. The van der Waals surface area contributed by atoms with Gasteiger partial charge in [0.1, 0.15) is 5.82 Å². The number of aromatic amines is 1. The number of halogens is 4. The number of alkyl halides is 3. The lowest BCUT2D eigenvalue weighted by Gasteiger charge is -2.05. The van der Waals surface area contributed by atoms with E-state index in [1.165, 1.54) is 17.4 Å². The Hall–Kier alpha value is -1.34. The Morgan fingerprint density at radius 2 is 2.00 bits per heavy atom. The summed E-state index contributed by atoms with van der Waals surface area (Å²) in [6.45, 7) is 0. The molecule has 19 heavy (non-hydrogen) atoms. The van der Waals surface area contributed by atoms with Crippen molar-refractivity contribution < 1.29 is 13.2 Å². The van der Waals surface area contributed by atoms with Crippen LogP contribution in [0, 0.1) is 0 Å². The molecule has 0 saturated heterocycles. The van der Waals surface area contributed by atoms with Gasteiger partial charge in [0, 0.05) is 10.9 Å². The SMILES string of the molecule is FC(F)(F)c1ccc2nc(-c3csc(Br)c3)[nH]c2c1. The minimum absolute atomic E-state index is 0.382. The molecule has 0 saturated carbocycles. The molecule has 0 unspecified atom stereocenters. The third-order valence-electron chi connectivity index (χ3n) is 2.65. The zero-order chi connectivity index (χ0) is 13.6. The summed E-state index contributed by atoms with van der Waals surface area (Å²) in [5.74, 6) is 0.566. The number of thiophene rings is 1. The van der Waals surface area contributed by atoms with Gasteiger partial charge >= 0.3 is 6.18 Å². The van der Waals surface area contributed by atoms with Crippen LogP contribution in [0.1, 0.15) is 5.56 Å². The molecule has 2 nitrogen and oxygen atoms in total. The van der Waals surface area contributed by atoms with Crippen molar-refractivity contribution in [1.82, 2.24) is 9.97 Å². The number of imidazole rings is 1. The molecular weight excluding hydrogens is 341 g/mol. The summed E-state index contributed by atoms with van der Waals surface area (Å²) < 4.78 is 38.8. The number of rotatable bonds is 1. The van der Waals surface area contributed by atoms with Crippen molar-refractivity contribution in [2.24, 2.45) is 0 Å². The molecule has 3 rings (SSSR count). The highest BCUT2D eigenvalue weighted by molar-refractivity contribution is 9.11. The third-order valence-corrected chi connectivity index (χ3v) is 4.15. The lowest BCUT2D eigenvalue weighted by molar-refractivity contribution is -0.137. The van der Waals surface area contributed by atoms with E-state index in [4.69, 9.17) is 0 Å². The van der Waals surface area contributed by atoms with E-state index >= 15 is 0 Å². The van der Waals surface area contributed by atoms with E-state index in [1.807, 2.05) is 11.4 Å². The zero-order valence-corrected chi connectivity index (χ0v) is 11.7. The number of hydrogen-bond acceptors (Lipinski definition) is 2. The summed E-state index contributed by atoms with van der Waals surface area (Å²) in [5.41, 5.74) is 1.07. The Morgan fingerprint density at radius 3 is 2.63 bits per heavy atom. The second kappa shape index (κ2) is 4.35. The van der Waals surface area contributed by atoms with Gasteiger partial charge in [0.25, 0.3) is 0 Å². The van der Waals surface area contributed by atoms with Gasteiger partial charge in [-0.3, -0.25) is 0 Å². The summed E-state index contributed by atoms with van der Waals surface area (Å²) in [6.07, 6.45) is -4.34. The summed E-state index contributed by atoms with van der Waals surface area (Å²) >= 11 is 4.83. The molecule has 0 atom stereocenters. The Labute approximate surface area is 118 Å². The first kappa shape index (κ1) is 12.7. The number of H-pyrrole nitrogens is 1. The van der Waals surface area contributed by atoms with Crippen molar-refractivity contribution in [3.63, 3.8) is 0 Å². The van der Waals surface area contributed by atoms with Gasteiger partial charge in [-0.15, -0.1) is 11.3 Å². The van der Waals surface area contributed by atoms with Crippen LogP contribution in [-0.4, -0.2) is 9.97 Å². The van der Waals surface area contributed by atoms with Crippen LogP contribution in [-0.2, 0) is 6.18 Å². The van der Waals surface area contributed by atoms with Gasteiger partial charge in [-0.1, -0.05) is 0 Å². The van der Waals surface area contributed by atoms with Gasteiger partial charge < -0.3 is 4.98 Å². The number of hydrogen-bond donors (Lipinski definition) is 1. The van der Waals surface area contributed by atoms with Crippen molar-refractivity contribution in [1.29, 1.82) is 0 Å². The van der Waals surface area contributed by atoms with Gasteiger partial charge in [-0.05, 0) is 40.2 Å². The van der Waals surface area contributed by atoms with Crippen molar-refractivity contribution >= 4 is 38.3 Å². The molecule has 0 aliphatic rings. The number of fused-ring (bicyclic) bond motifs is 1. The van der Waals surface area contributed by atoms with E-state index in [0.29, 0.717) is 16.9 Å². The summed E-state index contributed by atoms with van der Waals surface area (Å²) in [5, 5.41) is 1.88. The maximum Gasteiger partial charge on any atom is 0.416 e. The molecule has 0 bridgehead atoms. The number of nitrogens with one attached hydrogen (secondary N) is 1. The van der Waals surface area contributed by atoms with Gasteiger partial charge in [-0.2, -0.15) is 13.2 Å². The van der Waals surface area contributed by atoms with Crippen molar-refractivity contribution in [2.45, 2.75) is 6.18 Å². The Balaban J connectivity index is 2.11. The number of nitrogens with zero attached hydrogens (tertiary/aromatic N) is 1. The van der Waals surface area contributed by atoms with Crippen LogP contribution in [0.25, 0.3) is 22.4 Å². The topological polar surface area (TPSA) is 28.7 Å². The van der Waals surface area contributed by atoms with Crippen LogP contribution < -0.4 is 0 Å². The van der Waals surface area contributed by atoms with Gasteiger partial charge in [0.15, 0.2) is 0 Å². The molecule has 0 aliphatic carbocycles. The fraction of sp³-hybridized carbons (Fsp3) is 0.0833. The van der Waals surface area contributed by atoms with Crippen molar-refractivity contribution in [3.05, 3.63) is 39.0 Å². The second-order valence-corrected chi connectivity index (χ2v) is 6.25. The standard InChI is InChI=1S/C12H6BrF3N2S/c13-10-3-6(5-19-10)11-17-8-2-1-7(12(14,15)16)4-9(8)18-11/h1-5H,(H,17,18). The third kappa shape index (κ3) is 2.40. The van der Waals surface area contributed by atoms with Gasteiger partial charge in [0.05, 0.1) is 20.4 Å². The average molecular weight is 347 g/mol. The van der Waals surface area contributed by atoms with Crippen molar-refractivity contribution in [2.75, 3.05) is 0 Å². The minimum atomic E-state index is -4.34. The normalized spacial score (nSPS) is 12.2. The predicted molar refractivity (Wildman–Crippen MR) is 72.1 cm³/mol. The van der Waals surface area contributed by atoms with Crippen LogP contribution in [0.15, 0.2) is 33.4 Å². The Morgan fingerprint density at radius 1 is 1.21 bits per heavy atom. The van der Waals surface area contributed by atoms with E-state index in [2.05, 4.69) is 25.9 Å². The maximum absolute atomic E-state index is 12.6. The summed E-state index contributed by atoms with van der Waals surface area (Å²) in [4.78, 5) is 7.19. The quantitative estimate of drug-likeness (QED) is 0.654. The van der Waals surface area contributed by atoms with E-state index in [-0.39, 0.29) is 0 Å². The van der Waals surface area contributed by atoms with Gasteiger partial charge in [0.2, 0.25) is 0 Å². The lowest BCUT2D eigenvalue weighted by Crippen LogP contribution is -2.04. The van der Waals surface area contributed by atoms with Crippen LogP contribution >= 0.6 is 27.3 Å². The molecule has 7 heteroatoms. The average Bonchev–Trinajstić information content (AvgIpc) is 2.92. The van der Waals surface area contributed by atoms with E-state index in [0.717, 1.165) is 21.5 Å². The van der Waals surface area contributed by atoms with E-state index < -0.39 is 11.7 Å². The molecule has 0 amide bonds. The smallest absolute Gasteiger partial charge is 0.338 e. The first-order valence-electron chi connectivity index (χ1n) is 5.25. The van der Waals surface area contributed by atoms with Crippen LogP contribution in [0.4, 0.5) is 13.2 Å². The first-order valence-corrected chi connectivity index (χ1v) is 6.92. The highest BCUT2D eigenvalue weighted by atomic mass is 79.9. The van der Waals surface area contributed by atoms with Crippen molar-refractivity contribution in [3.8, 4) is 11.4 Å². The molecule has 3 aromatic rings. The molecule has 2 heterocycles. The fourth-order valence-corrected chi connectivity index (χ4v) is 2.90. The molecule has 0 aliphatic heterocycles. The van der Waals surface area contributed by atoms with E-state index in [1.54, 1.807) is 0 Å². The highest BCUT2D eigenvalue weighted by Crippen LogP contribution is 2.32. The number of aromatic nitrogens is 2. The monoisotopic (exact) mass is 346 g/mol. The Kier molecular flexibility index (Phi) is 2.90. The molecule has 1 aromatic carbocycles. The molecule has 1 N–H and O–H groups in total. The summed E-state index contributed by atoms with van der Waals surface area (Å²) in [6, 6.07) is 5.36. The second-order valence-electron chi connectivity index (χ2n) is 3.95. The largest absolute Gasteiger partial charge is 0.416 e. The number of benzene rings is 1. The van der Waals surface area contributed by atoms with Gasteiger partial charge in [-0.25, -0.2) is 4.98 Å². The molecular formula is C12H6BrF3N2S. The van der Waals surface area contributed by atoms with Crippen LogP contribution in [0.2, 0.25) is 0 Å². The first-order chi connectivity index (χ1) is 8.93. The van der Waals surface area contributed by atoms with E-state index in [9.17, 15) is 13.2 Å². The lowest BCUT2D eigenvalue weighted by atomic mass is 10.2. The molecule has 2 aromatic heterocycles. The summed E-state index contributed by atoms with van der Waals surface area (Å²) in [7, 11) is 0. The highest BCUT2D eigenvalue weighted by Gasteiger charge is 2.30. The molecule has 0 fully saturated rings. The molecule has 0 spiro atoms. The molecule has 0 radical (unpaired) electrons. The molecule has 98 valence electrons. The Bertz CT molecular complexity index is 745. The minimum Gasteiger partial charge on any atom is -0.338 e.